The molecule has 5 nitrogen and oxygen atoms in total. The van der Waals surface area contributed by atoms with E-state index in [0.717, 1.165) is 41.3 Å². The summed E-state index contributed by atoms with van der Waals surface area (Å²) >= 11 is 6.19. The highest BCUT2D eigenvalue weighted by atomic mass is 35.5. The Bertz CT molecular complexity index is 993. The van der Waals surface area contributed by atoms with Crippen molar-refractivity contribution in [2.24, 2.45) is 0 Å². The predicted octanol–water partition coefficient (Wildman–Crippen LogP) is 4.46. The molecule has 2 aromatic heterocycles. The molecule has 3 aromatic rings. The summed E-state index contributed by atoms with van der Waals surface area (Å²) < 4.78 is 0. The molecule has 0 N–H and O–H groups in total. The van der Waals surface area contributed by atoms with Gasteiger partial charge in [0.2, 0.25) is 0 Å². The van der Waals surface area contributed by atoms with Gasteiger partial charge in [-0.15, -0.1) is 0 Å². The van der Waals surface area contributed by atoms with E-state index in [9.17, 15) is 0 Å². The van der Waals surface area contributed by atoms with Crippen molar-refractivity contribution in [1.29, 1.82) is 0 Å². The van der Waals surface area contributed by atoms with Crippen molar-refractivity contribution in [3.05, 3.63) is 52.2 Å². The number of fused-ring (bicyclic) bond motifs is 1. The Labute approximate surface area is 157 Å². The van der Waals surface area contributed by atoms with Gasteiger partial charge in [-0.2, -0.15) is 0 Å². The number of rotatable bonds is 3. The number of aryl methyl sites for hydroxylation is 2. The molecule has 0 saturated carbocycles. The highest BCUT2D eigenvalue weighted by Crippen LogP contribution is 2.22. The lowest BCUT2D eigenvalue weighted by atomic mass is 10.2. The molecule has 0 unspecified atom stereocenters. The van der Waals surface area contributed by atoms with Crippen molar-refractivity contribution >= 4 is 40.6 Å². The third kappa shape index (κ3) is 3.53. The number of benzene rings is 1. The van der Waals surface area contributed by atoms with Gasteiger partial charge in [0.25, 0.3) is 0 Å². The summed E-state index contributed by atoms with van der Waals surface area (Å²) in [6.45, 7) is 6.05. The first-order valence-corrected chi connectivity index (χ1v) is 9.19. The van der Waals surface area contributed by atoms with E-state index in [2.05, 4.69) is 26.8 Å². The molecule has 1 aromatic carbocycles. The second-order valence-corrected chi connectivity index (χ2v) is 7.01. The standard InChI is InChI=1S/C20H20ClN5/c1-13-5-6-16-17(11-13)22-14(2)15(23-16)7-8-19-24-18(21)12-20(25-19)26-9-3-4-10-26/h5-8,11-12H,3-4,9-10H2,1-2H3. The Balaban J connectivity index is 1.66. The van der Waals surface area contributed by atoms with Gasteiger partial charge in [0.1, 0.15) is 11.0 Å². The molecule has 0 radical (unpaired) electrons. The van der Waals surface area contributed by atoms with E-state index < -0.39 is 0 Å². The smallest absolute Gasteiger partial charge is 0.156 e. The maximum Gasteiger partial charge on any atom is 0.156 e. The van der Waals surface area contributed by atoms with Crippen LogP contribution in [0.15, 0.2) is 24.3 Å². The molecule has 26 heavy (non-hydrogen) atoms. The second-order valence-electron chi connectivity index (χ2n) is 6.62. The van der Waals surface area contributed by atoms with Crippen LogP contribution in [0.2, 0.25) is 5.15 Å². The number of halogens is 1. The molecule has 0 aliphatic carbocycles. The molecule has 0 atom stereocenters. The zero-order chi connectivity index (χ0) is 18.1. The van der Waals surface area contributed by atoms with Crippen molar-refractivity contribution in [3.8, 4) is 0 Å². The van der Waals surface area contributed by atoms with Crippen molar-refractivity contribution in [2.75, 3.05) is 18.0 Å². The monoisotopic (exact) mass is 365 g/mol. The Morgan fingerprint density at radius 1 is 0.923 bits per heavy atom. The van der Waals surface area contributed by atoms with E-state index in [4.69, 9.17) is 16.6 Å². The van der Waals surface area contributed by atoms with Crippen LogP contribution >= 0.6 is 11.6 Å². The van der Waals surface area contributed by atoms with Crippen LogP contribution in [-0.4, -0.2) is 33.0 Å². The van der Waals surface area contributed by atoms with Gasteiger partial charge < -0.3 is 4.90 Å². The molecule has 4 rings (SSSR count). The van der Waals surface area contributed by atoms with Gasteiger partial charge in [0.15, 0.2) is 5.82 Å². The molecule has 1 aliphatic heterocycles. The Hall–Kier alpha value is -2.53. The summed E-state index contributed by atoms with van der Waals surface area (Å²) in [5.74, 6) is 1.48. The van der Waals surface area contributed by atoms with Crippen LogP contribution in [0.5, 0.6) is 0 Å². The number of anilines is 1. The van der Waals surface area contributed by atoms with Gasteiger partial charge in [0.05, 0.1) is 22.4 Å². The molecular formula is C20H20ClN5. The molecule has 132 valence electrons. The summed E-state index contributed by atoms with van der Waals surface area (Å²) in [6, 6.07) is 7.91. The lowest BCUT2D eigenvalue weighted by molar-refractivity contribution is 0.923. The third-order valence-corrected chi connectivity index (χ3v) is 4.74. The molecule has 1 aliphatic rings. The first-order chi connectivity index (χ1) is 12.6. The van der Waals surface area contributed by atoms with E-state index in [1.165, 1.54) is 18.4 Å². The van der Waals surface area contributed by atoms with E-state index in [1.807, 2.05) is 43.3 Å². The van der Waals surface area contributed by atoms with Crippen LogP contribution in [0.4, 0.5) is 5.82 Å². The fourth-order valence-corrected chi connectivity index (χ4v) is 3.37. The average molecular weight is 366 g/mol. The number of hydrogen-bond donors (Lipinski definition) is 0. The summed E-state index contributed by atoms with van der Waals surface area (Å²) in [6.07, 6.45) is 6.14. The van der Waals surface area contributed by atoms with Gasteiger partial charge in [-0.3, -0.25) is 0 Å². The fourth-order valence-electron chi connectivity index (χ4n) is 3.18. The zero-order valence-corrected chi connectivity index (χ0v) is 15.7. The van der Waals surface area contributed by atoms with E-state index in [0.29, 0.717) is 11.0 Å². The first kappa shape index (κ1) is 16.9. The molecule has 6 heteroatoms. The van der Waals surface area contributed by atoms with Crippen LogP contribution < -0.4 is 4.90 Å². The predicted molar refractivity (Wildman–Crippen MR) is 106 cm³/mol. The summed E-state index contributed by atoms with van der Waals surface area (Å²) in [7, 11) is 0. The van der Waals surface area contributed by atoms with Crippen LogP contribution in [0.3, 0.4) is 0 Å². The van der Waals surface area contributed by atoms with Crippen LogP contribution in [0.25, 0.3) is 23.2 Å². The van der Waals surface area contributed by atoms with Crippen LogP contribution in [0.1, 0.15) is 35.6 Å². The highest BCUT2D eigenvalue weighted by molar-refractivity contribution is 6.29. The van der Waals surface area contributed by atoms with E-state index >= 15 is 0 Å². The molecule has 0 amide bonds. The van der Waals surface area contributed by atoms with Gasteiger partial charge >= 0.3 is 0 Å². The first-order valence-electron chi connectivity index (χ1n) is 8.81. The second kappa shape index (κ2) is 7.00. The molecule has 3 heterocycles. The van der Waals surface area contributed by atoms with Gasteiger partial charge in [-0.05, 0) is 56.5 Å². The largest absolute Gasteiger partial charge is 0.356 e. The molecule has 0 bridgehead atoms. The zero-order valence-electron chi connectivity index (χ0n) is 14.9. The maximum absolute atomic E-state index is 6.19. The van der Waals surface area contributed by atoms with Gasteiger partial charge in [-0.25, -0.2) is 19.9 Å². The van der Waals surface area contributed by atoms with Crippen molar-refractivity contribution < 1.29 is 0 Å². The summed E-state index contributed by atoms with van der Waals surface area (Å²) in [5.41, 5.74) is 4.66. The molecule has 1 saturated heterocycles. The van der Waals surface area contributed by atoms with E-state index in [1.54, 1.807) is 0 Å². The normalized spacial score (nSPS) is 14.7. The highest BCUT2D eigenvalue weighted by Gasteiger charge is 2.15. The number of aromatic nitrogens is 4. The van der Waals surface area contributed by atoms with Crippen molar-refractivity contribution in [3.63, 3.8) is 0 Å². The minimum Gasteiger partial charge on any atom is -0.356 e. The minimum absolute atomic E-state index is 0.457. The lowest BCUT2D eigenvalue weighted by Crippen LogP contribution is -2.19. The minimum atomic E-state index is 0.457. The molecule has 1 fully saturated rings. The number of nitrogens with zero attached hydrogens (tertiary/aromatic N) is 5. The SMILES string of the molecule is Cc1ccc2nc(C=Cc3nc(Cl)cc(N4CCCC4)n3)c(C)nc2c1. The molecular weight excluding hydrogens is 346 g/mol. The van der Waals surface area contributed by atoms with Crippen LogP contribution in [-0.2, 0) is 0 Å². The summed E-state index contributed by atoms with van der Waals surface area (Å²) in [5, 5.41) is 0.457. The quantitative estimate of drug-likeness (QED) is 0.641. The third-order valence-electron chi connectivity index (χ3n) is 4.55. The van der Waals surface area contributed by atoms with Gasteiger partial charge in [-0.1, -0.05) is 17.7 Å². The Kier molecular flexibility index (Phi) is 4.55. The van der Waals surface area contributed by atoms with E-state index in [-0.39, 0.29) is 0 Å². The number of hydrogen-bond acceptors (Lipinski definition) is 5. The lowest BCUT2D eigenvalue weighted by Gasteiger charge is -2.16. The van der Waals surface area contributed by atoms with Crippen molar-refractivity contribution in [2.45, 2.75) is 26.7 Å². The summed E-state index contributed by atoms with van der Waals surface area (Å²) in [4.78, 5) is 20.6. The van der Waals surface area contributed by atoms with Crippen LogP contribution in [0, 0.1) is 13.8 Å². The van der Waals surface area contributed by atoms with Crippen molar-refractivity contribution in [1.82, 2.24) is 19.9 Å². The Morgan fingerprint density at radius 3 is 2.54 bits per heavy atom. The molecule has 0 spiro atoms. The van der Waals surface area contributed by atoms with Gasteiger partial charge in [0, 0.05) is 19.2 Å². The average Bonchev–Trinajstić information content (AvgIpc) is 3.14. The topological polar surface area (TPSA) is 54.8 Å². The maximum atomic E-state index is 6.19. The Morgan fingerprint density at radius 2 is 1.73 bits per heavy atom. The fraction of sp³-hybridized carbons (Fsp3) is 0.300.